The maximum atomic E-state index is 6.21. The Labute approximate surface area is 122 Å². The first-order valence-electron chi connectivity index (χ1n) is 7.20. The van der Waals surface area contributed by atoms with Gasteiger partial charge in [-0.1, -0.05) is 26.8 Å². The van der Waals surface area contributed by atoms with Crippen LogP contribution in [0.1, 0.15) is 26.5 Å². The van der Waals surface area contributed by atoms with E-state index in [1.54, 1.807) is 0 Å². The van der Waals surface area contributed by atoms with E-state index in [-0.39, 0.29) is 5.04 Å². The van der Waals surface area contributed by atoms with Crippen LogP contribution in [0.2, 0.25) is 18.1 Å². The van der Waals surface area contributed by atoms with E-state index in [1.807, 2.05) is 12.1 Å². The highest BCUT2D eigenvalue weighted by atomic mass is 28.4. The smallest absolute Gasteiger partial charge is 0.191 e. The summed E-state index contributed by atoms with van der Waals surface area (Å²) in [5, 5.41) is 1.48. The summed E-state index contributed by atoms with van der Waals surface area (Å²) in [6.45, 7) is 12.2. The van der Waals surface area contributed by atoms with Gasteiger partial charge in [-0.05, 0) is 41.7 Å². The topological polar surface area (TPSA) is 51.0 Å². The van der Waals surface area contributed by atoms with Crippen molar-refractivity contribution < 1.29 is 4.43 Å². The Kier molecular flexibility index (Phi) is 3.98. The number of rotatable bonds is 4. The third-order valence-electron chi connectivity index (χ3n) is 4.34. The van der Waals surface area contributed by atoms with Crippen LogP contribution in [-0.2, 0) is 10.8 Å². The maximum Gasteiger partial charge on any atom is 0.191 e. The van der Waals surface area contributed by atoms with Crippen LogP contribution in [0.3, 0.4) is 0 Å². The van der Waals surface area contributed by atoms with Crippen molar-refractivity contribution in [3.05, 3.63) is 30.0 Å². The number of aromatic amines is 1. The first kappa shape index (κ1) is 15.1. The summed E-state index contributed by atoms with van der Waals surface area (Å²) >= 11 is 0. The molecule has 0 aliphatic rings. The number of nitrogen functional groups attached to an aromatic ring is 1. The molecule has 3 N–H and O–H groups in total. The molecule has 0 radical (unpaired) electrons. The Morgan fingerprint density at radius 2 is 1.90 bits per heavy atom. The number of fused-ring (bicyclic) bond motifs is 1. The highest BCUT2D eigenvalue weighted by Crippen LogP contribution is 2.36. The van der Waals surface area contributed by atoms with E-state index in [4.69, 9.17) is 10.2 Å². The molecule has 2 rings (SSSR count). The minimum Gasteiger partial charge on any atom is -0.416 e. The first-order valence-corrected chi connectivity index (χ1v) is 10.1. The number of nitrogens with one attached hydrogen (secondary N) is 1. The van der Waals surface area contributed by atoms with Gasteiger partial charge in [0, 0.05) is 29.9 Å². The molecular formula is C16H26N2OSi. The van der Waals surface area contributed by atoms with Crippen LogP contribution in [0, 0.1) is 0 Å². The van der Waals surface area contributed by atoms with Crippen molar-refractivity contribution in [3.8, 4) is 0 Å². The Balaban J connectivity index is 2.00. The fourth-order valence-electron chi connectivity index (χ4n) is 1.97. The quantitative estimate of drug-likeness (QED) is 0.651. The van der Waals surface area contributed by atoms with Gasteiger partial charge in [0.05, 0.1) is 0 Å². The van der Waals surface area contributed by atoms with Crippen molar-refractivity contribution in [2.24, 2.45) is 0 Å². The van der Waals surface area contributed by atoms with Crippen LogP contribution in [0.25, 0.3) is 10.9 Å². The van der Waals surface area contributed by atoms with Crippen molar-refractivity contribution in [2.75, 3.05) is 12.3 Å². The fourth-order valence-corrected chi connectivity index (χ4v) is 3.02. The van der Waals surface area contributed by atoms with Gasteiger partial charge in [-0.3, -0.25) is 0 Å². The van der Waals surface area contributed by atoms with Crippen LogP contribution in [-0.4, -0.2) is 19.9 Å². The van der Waals surface area contributed by atoms with Gasteiger partial charge >= 0.3 is 0 Å². The molecule has 0 spiro atoms. The molecule has 3 nitrogen and oxygen atoms in total. The van der Waals surface area contributed by atoms with Gasteiger partial charge in [0.1, 0.15) is 0 Å². The Bertz CT molecular complexity index is 596. The van der Waals surface area contributed by atoms with E-state index >= 15 is 0 Å². The molecule has 0 fully saturated rings. The molecule has 0 aliphatic carbocycles. The average molecular weight is 290 g/mol. The largest absolute Gasteiger partial charge is 0.416 e. The molecule has 1 aromatic heterocycles. The van der Waals surface area contributed by atoms with Crippen LogP contribution >= 0.6 is 0 Å². The van der Waals surface area contributed by atoms with Crippen molar-refractivity contribution in [3.63, 3.8) is 0 Å². The zero-order valence-electron chi connectivity index (χ0n) is 13.2. The molecule has 0 atom stereocenters. The molecule has 0 amide bonds. The third-order valence-corrected chi connectivity index (χ3v) is 8.88. The highest BCUT2D eigenvalue weighted by Gasteiger charge is 2.36. The molecule has 4 heteroatoms. The number of aromatic nitrogens is 1. The third kappa shape index (κ3) is 3.25. The zero-order valence-corrected chi connectivity index (χ0v) is 14.2. The lowest BCUT2D eigenvalue weighted by Gasteiger charge is -2.36. The van der Waals surface area contributed by atoms with E-state index in [0.717, 1.165) is 24.2 Å². The van der Waals surface area contributed by atoms with Crippen LogP contribution in [0.15, 0.2) is 24.3 Å². The van der Waals surface area contributed by atoms with Gasteiger partial charge < -0.3 is 15.1 Å². The predicted molar refractivity (Wildman–Crippen MR) is 89.6 cm³/mol. The second-order valence-electron chi connectivity index (χ2n) is 7.00. The predicted octanol–water partition coefficient (Wildman–Crippen LogP) is 4.31. The fraction of sp³-hybridized carbons (Fsp3) is 0.500. The molecule has 0 aliphatic heterocycles. The molecule has 20 heavy (non-hydrogen) atoms. The maximum absolute atomic E-state index is 6.21. The van der Waals surface area contributed by atoms with E-state index in [2.05, 4.69) is 51.0 Å². The number of H-pyrrole nitrogens is 1. The van der Waals surface area contributed by atoms with Gasteiger partial charge in [0.15, 0.2) is 8.32 Å². The zero-order chi connectivity index (χ0) is 15.0. The average Bonchev–Trinajstić information content (AvgIpc) is 2.68. The number of hydrogen-bond donors (Lipinski definition) is 2. The molecule has 0 bridgehead atoms. The minimum atomic E-state index is -1.64. The summed E-state index contributed by atoms with van der Waals surface area (Å²) in [6.07, 6.45) is 0.918. The number of benzene rings is 1. The second-order valence-corrected chi connectivity index (χ2v) is 11.8. The van der Waals surface area contributed by atoms with Crippen molar-refractivity contribution in [2.45, 2.75) is 45.3 Å². The number of nitrogens with two attached hydrogens (primary N) is 1. The van der Waals surface area contributed by atoms with E-state index in [1.165, 1.54) is 11.1 Å². The lowest BCUT2D eigenvalue weighted by atomic mass is 10.2. The van der Waals surface area contributed by atoms with Crippen molar-refractivity contribution in [1.29, 1.82) is 0 Å². The summed E-state index contributed by atoms with van der Waals surface area (Å²) < 4.78 is 6.21. The summed E-state index contributed by atoms with van der Waals surface area (Å²) in [5.74, 6) is 0. The van der Waals surface area contributed by atoms with Gasteiger partial charge in [-0.15, -0.1) is 0 Å². The van der Waals surface area contributed by atoms with E-state index < -0.39 is 8.32 Å². The van der Waals surface area contributed by atoms with Crippen molar-refractivity contribution >= 4 is 24.9 Å². The Morgan fingerprint density at radius 3 is 2.55 bits per heavy atom. The number of anilines is 1. The molecule has 1 heterocycles. The van der Waals surface area contributed by atoms with E-state index in [0.29, 0.717) is 0 Å². The molecule has 2 aromatic rings. The summed E-state index contributed by atoms with van der Waals surface area (Å²) in [7, 11) is -1.64. The summed E-state index contributed by atoms with van der Waals surface area (Å²) in [5.41, 5.74) is 8.91. The van der Waals surface area contributed by atoms with Gasteiger partial charge in [-0.2, -0.15) is 0 Å². The molecule has 1 aromatic carbocycles. The molecule has 0 saturated heterocycles. The second kappa shape index (κ2) is 5.26. The van der Waals surface area contributed by atoms with Gasteiger partial charge in [0.2, 0.25) is 0 Å². The van der Waals surface area contributed by atoms with Crippen LogP contribution in [0.5, 0.6) is 0 Å². The Morgan fingerprint density at radius 1 is 1.20 bits per heavy atom. The monoisotopic (exact) mass is 290 g/mol. The van der Waals surface area contributed by atoms with Crippen LogP contribution in [0.4, 0.5) is 5.69 Å². The Hall–Kier alpha value is -1.26. The normalized spacial score (nSPS) is 13.1. The summed E-state index contributed by atoms with van der Waals surface area (Å²) in [6, 6.07) is 8.16. The minimum absolute atomic E-state index is 0.266. The SMILES string of the molecule is CC(C)(C)[Si](C)(C)OCCc1cc2ccc(N)cc2[nH]1. The molecule has 110 valence electrons. The first-order chi connectivity index (χ1) is 9.19. The van der Waals surface area contributed by atoms with Gasteiger partial charge in [-0.25, -0.2) is 0 Å². The standard InChI is InChI=1S/C16H26N2OSi/c1-16(2,3)20(4,5)19-9-8-14-10-12-6-7-13(17)11-15(12)18-14/h6-7,10-11,18H,8-9,17H2,1-5H3. The number of hydrogen-bond acceptors (Lipinski definition) is 2. The lowest BCUT2D eigenvalue weighted by molar-refractivity contribution is 0.291. The van der Waals surface area contributed by atoms with Gasteiger partial charge in [0.25, 0.3) is 0 Å². The highest BCUT2D eigenvalue weighted by molar-refractivity contribution is 6.74. The van der Waals surface area contributed by atoms with E-state index in [9.17, 15) is 0 Å². The molecular weight excluding hydrogens is 264 g/mol. The lowest BCUT2D eigenvalue weighted by Crippen LogP contribution is -2.41. The molecule has 0 unspecified atom stereocenters. The van der Waals surface area contributed by atoms with Crippen LogP contribution < -0.4 is 5.73 Å². The molecule has 0 saturated carbocycles. The van der Waals surface area contributed by atoms with Crippen molar-refractivity contribution in [1.82, 2.24) is 4.98 Å². The summed E-state index contributed by atoms with van der Waals surface area (Å²) in [4.78, 5) is 3.42.